The normalized spacial score (nSPS) is 10.9. The van der Waals surface area contributed by atoms with E-state index in [2.05, 4.69) is 31.2 Å². The Kier molecular flexibility index (Phi) is 4.38. The summed E-state index contributed by atoms with van der Waals surface area (Å²) in [6, 6.07) is 6.39. The topological polar surface area (TPSA) is 59.3 Å². The molecule has 3 aromatic rings. The van der Waals surface area contributed by atoms with Gasteiger partial charge in [0.25, 0.3) is 5.91 Å². The number of nitrogens with zero attached hydrogens (tertiary/aromatic N) is 3. The molecule has 1 N–H and O–H groups in total. The first-order valence-electron chi connectivity index (χ1n) is 7.18. The van der Waals surface area contributed by atoms with Crippen LogP contribution in [0.15, 0.2) is 41.1 Å². The van der Waals surface area contributed by atoms with Crippen LogP contribution in [0.1, 0.15) is 29.5 Å². The van der Waals surface area contributed by atoms with E-state index in [1.165, 1.54) is 12.1 Å². The van der Waals surface area contributed by atoms with E-state index in [0.29, 0.717) is 23.6 Å². The van der Waals surface area contributed by atoms with E-state index >= 15 is 0 Å². The largest absolute Gasteiger partial charge is 0.305 e. The maximum Gasteiger partial charge on any atom is 0.275 e. The maximum absolute atomic E-state index is 12.9. The Hall–Kier alpha value is -2.28. The van der Waals surface area contributed by atoms with Gasteiger partial charge >= 0.3 is 0 Å². The van der Waals surface area contributed by atoms with Crippen LogP contribution in [0.2, 0.25) is 0 Å². The minimum Gasteiger partial charge on any atom is -0.305 e. The molecule has 0 bridgehead atoms. The lowest BCUT2D eigenvalue weighted by Crippen LogP contribution is -2.17. The average molecular weight is 377 g/mol. The summed E-state index contributed by atoms with van der Waals surface area (Å²) in [5.74, 6) is -0.477. The molecule has 0 unspecified atom stereocenters. The van der Waals surface area contributed by atoms with E-state index in [0.717, 1.165) is 22.8 Å². The van der Waals surface area contributed by atoms with Gasteiger partial charge in [0.1, 0.15) is 23.0 Å². The van der Waals surface area contributed by atoms with E-state index in [1.807, 2.05) is 19.1 Å². The Balaban J connectivity index is 2.02. The van der Waals surface area contributed by atoms with Crippen molar-refractivity contribution in [1.82, 2.24) is 14.4 Å². The van der Waals surface area contributed by atoms with Crippen molar-refractivity contribution in [2.45, 2.75) is 19.8 Å². The van der Waals surface area contributed by atoms with Gasteiger partial charge in [-0.2, -0.15) is 0 Å². The number of carbonyl (C=O) groups excluding carboxylic acids is 1. The molecule has 0 spiro atoms. The molecule has 7 heteroatoms. The van der Waals surface area contributed by atoms with E-state index < -0.39 is 5.82 Å². The minimum atomic E-state index is -0.451. The van der Waals surface area contributed by atoms with Crippen LogP contribution < -0.4 is 5.32 Å². The van der Waals surface area contributed by atoms with E-state index in [1.54, 1.807) is 10.6 Å². The summed E-state index contributed by atoms with van der Waals surface area (Å²) in [6.45, 7) is 2.03. The number of aryl methyl sites for hydroxylation is 1. The summed E-state index contributed by atoms with van der Waals surface area (Å²) >= 11 is 3.40. The minimum absolute atomic E-state index is 0.295. The fourth-order valence-electron chi connectivity index (χ4n) is 2.34. The molecule has 0 radical (unpaired) electrons. The third-order valence-corrected chi connectivity index (χ3v) is 3.79. The van der Waals surface area contributed by atoms with Crippen LogP contribution in [-0.4, -0.2) is 20.3 Å². The zero-order valence-corrected chi connectivity index (χ0v) is 14.0. The number of pyridine rings is 2. The lowest BCUT2D eigenvalue weighted by atomic mass is 10.2. The third kappa shape index (κ3) is 3.24. The molecular weight excluding hydrogens is 363 g/mol. The third-order valence-electron chi connectivity index (χ3n) is 3.33. The molecule has 0 aromatic carbocycles. The lowest BCUT2D eigenvalue weighted by Gasteiger charge is -2.06. The fraction of sp³-hybridized carbons (Fsp3) is 0.188. The molecule has 0 atom stereocenters. The molecule has 3 rings (SSSR count). The lowest BCUT2D eigenvalue weighted by molar-refractivity contribution is 0.102. The van der Waals surface area contributed by atoms with Crippen molar-refractivity contribution < 1.29 is 9.18 Å². The van der Waals surface area contributed by atoms with Crippen LogP contribution in [0.3, 0.4) is 0 Å². The van der Waals surface area contributed by atoms with Gasteiger partial charge in [0.15, 0.2) is 0 Å². The zero-order chi connectivity index (χ0) is 16.4. The Bertz CT molecular complexity index is 860. The van der Waals surface area contributed by atoms with Crippen molar-refractivity contribution in [2.75, 3.05) is 5.32 Å². The van der Waals surface area contributed by atoms with Gasteiger partial charge in [-0.3, -0.25) is 9.20 Å². The summed E-state index contributed by atoms with van der Waals surface area (Å²) in [5.41, 5.74) is 1.90. The quantitative estimate of drug-likeness (QED) is 0.752. The highest BCUT2D eigenvalue weighted by molar-refractivity contribution is 9.10. The number of rotatable bonds is 4. The van der Waals surface area contributed by atoms with Gasteiger partial charge in [0.05, 0.1) is 11.9 Å². The number of anilines is 1. The van der Waals surface area contributed by atoms with Crippen molar-refractivity contribution in [2.24, 2.45) is 0 Å². The first-order valence-corrected chi connectivity index (χ1v) is 7.97. The molecular formula is C16H14BrFN4O. The highest BCUT2D eigenvalue weighted by atomic mass is 79.9. The number of fused-ring (bicyclic) bond motifs is 1. The van der Waals surface area contributed by atoms with Crippen molar-refractivity contribution in [1.29, 1.82) is 0 Å². The van der Waals surface area contributed by atoms with Crippen LogP contribution in [0.5, 0.6) is 0 Å². The summed E-state index contributed by atoms with van der Waals surface area (Å²) in [5, 5.41) is 2.69. The van der Waals surface area contributed by atoms with Gasteiger partial charge in [-0.05, 0) is 46.6 Å². The number of imidazole rings is 1. The molecule has 0 saturated carbocycles. The van der Waals surface area contributed by atoms with Gasteiger partial charge < -0.3 is 5.32 Å². The summed E-state index contributed by atoms with van der Waals surface area (Å²) in [4.78, 5) is 21.0. The number of hydrogen-bond donors (Lipinski definition) is 1. The molecule has 0 saturated heterocycles. The molecule has 3 heterocycles. The smallest absolute Gasteiger partial charge is 0.275 e. The molecule has 0 aliphatic heterocycles. The molecule has 1 amide bonds. The van der Waals surface area contributed by atoms with Crippen molar-refractivity contribution in [3.8, 4) is 0 Å². The zero-order valence-electron chi connectivity index (χ0n) is 12.4. The SMILES string of the molecule is CCCc1nc2ccc(Br)cn2c1C(=O)Nc1ccc(F)cn1. The van der Waals surface area contributed by atoms with Crippen LogP contribution in [-0.2, 0) is 6.42 Å². The van der Waals surface area contributed by atoms with Crippen LogP contribution in [0.25, 0.3) is 5.65 Å². The van der Waals surface area contributed by atoms with Crippen molar-refractivity contribution in [3.05, 3.63) is 58.3 Å². The van der Waals surface area contributed by atoms with E-state index in [9.17, 15) is 9.18 Å². The van der Waals surface area contributed by atoms with Gasteiger partial charge in [0.2, 0.25) is 0 Å². The Labute approximate surface area is 140 Å². The standard InChI is InChI=1S/C16H14BrFN4O/c1-2-3-12-15(22-9-10(17)4-7-14(22)20-12)16(23)21-13-6-5-11(18)8-19-13/h4-9H,2-3H2,1H3,(H,19,21,23). The Morgan fingerprint density at radius 3 is 2.87 bits per heavy atom. The molecule has 5 nitrogen and oxygen atoms in total. The Morgan fingerprint density at radius 2 is 2.17 bits per heavy atom. The van der Waals surface area contributed by atoms with Crippen molar-refractivity contribution in [3.63, 3.8) is 0 Å². The Morgan fingerprint density at radius 1 is 1.35 bits per heavy atom. The second kappa shape index (κ2) is 6.45. The van der Waals surface area contributed by atoms with Crippen molar-refractivity contribution >= 4 is 33.3 Å². The number of hydrogen-bond acceptors (Lipinski definition) is 3. The highest BCUT2D eigenvalue weighted by Crippen LogP contribution is 2.19. The predicted molar refractivity (Wildman–Crippen MR) is 89.0 cm³/mol. The number of halogens is 2. The summed E-state index contributed by atoms with van der Waals surface area (Å²) < 4.78 is 15.5. The fourth-order valence-corrected chi connectivity index (χ4v) is 2.68. The van der Waals surface area contributed by atoms with Crippen LogP contribution in [0.4, 0.5) is 10.2 Å². The predicted octanol–water partition coefficient (Wildman–Crippen LogP) is 3.84. The van der Waals surface area contributed by atoms with Gasteiger partial charge in [0, 0.05) is 10.7 Å². The molecule has 118 valence electrons. The number of aromatic nitrogens is 3. The molecule has 0 aliphatic rings. The second-order valence-corrected chi connectivity index (χ2v) is 5.96. The first kappa shape index (κ1) is 15.6. The van der Waals surface area contributed by atoms with Gasteiger partial charge in [-0.15, -0.1) is 0 Å². The van der Waals surface area contributed by atoms with Gasteiger partial charge in [-0.1, -0.05) is 13.3 Å². The number of nitrogens with one attached hydrogen (secondary N) is 1. The molecule has 0 fully saturated rings. The molecule has 0 aliphatic carbocycles. The summed E-state index contributed by atoms with van der Waals surface area (Å²) in [7, 11) is 0. The maximum atomic E-state index is 12.9. The van der Waals surface area contributed by atoms with Crippen LogP contribution >= 0.6 is 15.9 Å². The molecule has 3 aromatic heterocycles. The average Bonchev–Trinajstić information content (AvgIpc) is 2.87. The number of amides is 1. The highest BCUT2D eigenvalue weighted by Gasteiger charge is 2.19. The van der Waals surface area contributed by atoms with E-state index in [4.69, 9.17) is 0 Å². The van der Waals surface area contributed by atoms with E-state index in [-0.39, 0.29) is 5.91 Å². The second-order valence-electron chi connectivity index (χ2n) is 5.05. The monoisotopic (exact) mass is 376 g/mol. The first-order chi connectivity index (χ1) is 11.1. The van der Waals surface area contributed by atoms with Crippen LogP contribution in [0, 0.1) is 5.82 Å². The number of carbonyl (C=O) groups is 1. The van der Waals surface area contributed by atoms with Gasteiger partial charge in [-0.25, -0.2) is 14.4 Å². The summed E-state index contributed by atoms with van der Waals surface area (Å²) in [6.07, 6.45) is 4.43. The molecule has 23 heavy (non-hydrogen) atoms.